The minimum absolute atomic E-state index is 0.0599. The first kappa shape index (κ1) is 28.2. The number of carbonyl (C=O) groups excluding carboxylic acids is 2. The van der Waals surface area contributed by atoms with Crippen molar-refractivity contribution in [1.29, 1.82) is 0 Å². The van der Waals surface area contributed by atoms with Crippen LogP contribution in [0.2, 0.25) is 0 Å². The van der Waals surface area contributed by atoms with Crippen molar-refractivity contribution in [2.24, 2.45) is 5.92 Å². The van der Waals surface area contributed by atoms with Gasteiger partial charge in [-0.2, -0.15) is 0 Å². The molecule has 0 atom stereocenters. The van der Waals surface area contributed by atoms with E-state index in [4.69, 9.17) is 9.26 Å². The molecule has 4 heterocycles. The van der Waals surface area contributed by atoms with Gasteiger partial charge in [-0.3, -0.25) is 14.5 Å². The number of nitrogens with one attached hydrogen (secondary N) is 2. The Balaban J connectivity index is 0.882. The van der Waals surface area contributed by atoms with Gasteiger partial charge >= 0.3 is 0 Å². The van der Waals surface area contributed by atoms with E-state index in [1.165, 1.54) is 12.0 Å². The molecule has 0 unspecified atom stereocenters. The van der Waals surface area contributed by atoms with Crippen LogP contribution in [-0.4, -0.2) is 72.2 Å². The first-order valence-electron chi connectivity index (χ1n) is 15.2. The zero-order valence-electron chi connectivity index (χ0n) is 24.3. The quantitative estimate of drug-likeness (QED) is 0.396. The number of rotatable bonds is 9. The summed E-state index contributed by atoms with van der Waals surface area (Å²) < 4.78 is 11.0. The number of piperazine rings is 1. The molecule has 3 aliphatic rings. The van der Waals surface area contributed by atoms with Crippen LogP contribution in [0.25, 0.3) is 0 Å². The molecule has 0 spiro atoms. The van der Waals surface area contributed by atoms with Gasteiger partial charge in [-0.25, -0.2) is 4.98 Å². The highest BCUT2D eigenvalue weighted by Gasteiger charge is 2.27. The maximum atomic E-state index is 12.9. The number of benzene rings is 1. The third-order valence-electron chi connectivity index (χ3n) is 8.73. The summed E-state index contributed by atoms with van der Waals surface area (Å²) in [7, 11) is 0. The summed E-state index contributed by atoms with van der Waals surface area (Å²) in [6.45, 7) is 7.80. The second-order valence-corrected chi connectivity index (χ2v) is 11.8. The van der Waals surface area contributed by atoms with Crippen LogP contribution in [0.3, 0.4) is 0 Å². The van der Waals surface area contributed by atoms with E-state index in [2.05, 4.69) is 36.6 Å². The van der Waals surface area contributed by atoms with E-state index in [9.17, 15) is 9.59 Å². The van der Waals surface area contributed by atoms with Crippen LogP contribution >= 0.6 is 0 Å². The molecule has 2 aliphatic heterocycles. The second kappa shape index (κ2) is 12.9. The summed E-state index contributed by atoms with van der Waals surface area (Å²) in [5.74, 6) is 2.99. The molecule has 0 radical (unpaired) electrons. The van der Waals surface area contributed by atoms with Crippen LogP contribution in [0.15, 0.2) is 47.1 Å². The van der Waals surface area contributed by atoms with Crippen molar-refractivity contribution in [3.8, 4) is 5.75 Å². The lowest BCUT2D eigenvalue weighted by Crippen LogP contribution is -2.47. The van der Waals surface area contributed by atoms with Crippen LogP contribution in [0, 0.1) is 12.8 Å². The zero-order chi connectivity index (χ0) is 28.9. The number of carbonyl (C=O) groups is 2. The van der Waals surface area contributed by atoms with E-state index in [-0.39, 0.29) is 24.3 Å². The average molecular weight is 573 g/mol. The van der Waals surface area contributed by atoms with Crippen molar-refractivity contribution in [2.45, 2.75) is 57.9 Å². The van der Waals surface area contributed by atoms with Crippen molar-refractivity contribution >= 4 is 23.3 Å². The van der Waals surface area contributed by atoms with E-state index < -0.39 is 0 Å². The summed E-state index contributed by atoms with van der Waals surface area (Å²) >= 11 is 0. The molecule has 42 heavy (non-hydrogen) atoms. The van der Waals surface area contributed by atoms with Crippen LogP contribution in [0.1, 0.15) is 59.5 Å². The maximum Gasteiger partial charge on any atom is 0.251 e. The van der Waals surface area contributed by atoms with Gasteiger partial charge in [0.1, 0.15) is 5.76 Å². The van der Waals surface area contributed by atoms with Crippen LogP contribution < -0.4 is 20.3 Å². The Bertz CT molecular complexity index is 1370. The van der Waals surface area contributed by atoms with E-state index in [1.807, 2.05) is 13.1 Å². The number of aromatic nitrogens is 2. The topological polar surface area (TPSA) is 113 Å². The third kappa shape index (κ3) is 6.92. The monoisotopic (exact) mass is 572 g/mol. The fourth-order valence-electron chi connectivity index (χ4n) is 6.30. The smallest absolute Gasteiger partial charge is 0.251 e. The lowest BCUT2D eigenvalue weighted by atomic mass is 9.84. The van der Waals surface area contributed by atoms with Gasteiger partial charge in [0.25, 0.3) is 5.91 Å². The Hall–Kier alpha value is -3.92. The molecule has 2 N–H and O–H groups in total. The number of nitrogens with zero attached hydrogens (tertiary/aromatic N) is 4. The van der Waals surface area contributed by atoms with Gasteiger partial charge in [0.2, 0.25) is 5.91 Å². The van der Waals surface area contributed by atoms with Gasteiger partial charge in [0.15, 0.2) is 11.6 Å². The third-order valence-corrected chi connectivity index (χ3v) is 8.73. The number of ether oxygens (including phenoxy) is 1. The number of pyridine rings is 1. The number of fused-ring (bicyclic) bond motifs is 1. The number of aryl methyl sites for hydroxylation is 1. The van der Waals surface area contributed by atoms with E-state index in [0.717, 1.165) is 88.7 Å². The van der Waals surface area contributed by atoms with Crippen molar-refractivity contribution in [2.75, 3.05) is 49.5 Å². The summed E-state index contributed by atoms with van der Waals surface area (Å²) in [4.78, 5) is 34.7. The molecule has 1 saturated heterocycles. The fraction of sp³-hybridized carbons (Fsp3) is 0.500. The number of amides is 2. The first-order chi connectivity index (χ1) is 20.5. The van der Waals surface area contributed by atoms with Crippen LogP contribution in [0.5, 0.6) is 5.75 Å². The maximum absolute atomic E-state index is 12.9. The Labute approximate surface area is 246 Å². The molecule has 2 aromatic heterocycles. The minimum Gasteiger partial charge on any atom is -0.489 e. The van der Waals surface area contributed by atoms with Gasteiger partial charge in [-0.15, -0.1) is 0 Å². The fourth-order valence-corrected chi connectivity index (χ4v) is 6.30. The van der Waals surface area contributed by atoms with Crippen molar-refractivity contribution in [3.05, 3.63) is 65.2 Å². The highest BCUT2D eigenvalue weighted by molar-refractivity contribution is 5.96. The summed E-state index contributed by atoms with van der Waals surface area (Å²) in [6.07, 6.45) is 8.56. The van der Waals surface area contributed by atoms with Gasteiger partial charge in [0.05, 0.1) is 18.7 Å². The Kier molecular flexibility index (Phi) is 8.69. The second-order valence-electron chi connectivity index (χ2n) is 11.8. The van der Waals surface area contributed by atoms with Gasteiger partial charge in [-0.1, -0.05) is 5.16 Å². The van der Waals surface area contributed by atoms with Crippen LogP contribution in [0.4, 0.5) is 11.5 Å². The van der Waals surface area contributed by atoms with Crippen molar-refractivity contribution < 1.29 is 18.8 Å². The largest absolute Gasteiger partial charge is 0.489 e. The van der Waals surface area contributed by atoms with Gasteiger partial charge in [-0.05, 0) is 81.8 Å². The predicted octanol–water partition coefficient (Wildman–Crippen LogP) is 4.00. The lowest BCUT2D eigenvalue weighted by Gasteiger charge is -2.37. The molecule has 10 heteroatoms. The highest BCUT2D eigenvalue weighted by atomic mass is 16.5. The molecule has 2 amide bonds. The summed E-state index contributed by atoms with van der Waals surface area (Å²) in [5.41, 5.74) is 3.27. The molecule has 6 rings (SSSR count). The van der Waals surface area contributed by atoms with Gasteiger partial charge in [0, 0.05) is 67.7 Å². The first-order valence-corrected chi connectivity index (χ1v) is 15.2. The molecule has 1 saturated carbocycles. The van der Waals surface area contributed by atoms with Crippen molar-refractivity contribution in [3.63, 3.8) is 0 Å². The Morgan fingerprint density at radius 1 is 1.02 bits per heavy atom. The lowest BCUT2D eigenvalue weighted by molar-refractivity contribution is -0.115. The molecule has 3 aromatic rings. The zero-order valence-corrected chi connectivity index (χ0v) is 24.3. The molecule has 1 aliphatic carbocycles. The molecule has 0 bridgehead atoms. The number of anilines is 2. The van der Waals surface area contributed by atoms with Crippen LogP contribution in [-0.2, 0) is 17.6 Å². The Morgan fingerprint density at radius 2 is 1.81 bits per heavy atom. The van der Waals surface area contributed by atoms with E-state index in [0.29, 0.717) is 22.9 Å². The summed E-state index contributed by atoms with van der Waals surface area (Å²) in [5, 5.41) is 9.85. The normalized spacial score (nSPS) is 20.5. The molecule has 10 nitrogen and oxygen atoms in total. The standard InChI is InChI=1S/C32H40N6O4/c1-22-20-28(42-36-22)21-29(39)34-26-8-4-25(5-9-26)32(40)35-27-6-2-23(3-7-27)11-14-37-15-17-38(18-16-37)31-30-24(10-13-33-31)12-19-41-30/h4-5,8-10,13,20,23,27H,2-3,6-7,11-12,14-19,21H2,1H3,(H,34,39)(H,35,40). The minimum atomic E-state index is -0.190. The van der Waals surface area contributed by atoms with E-state index >= 15 is 0 Å². The molecule has 2 fully saturated rings. The van der Waals surface area contributed by atoms with Gasteiger partial charge < -0.3 is 24.8 Å². The number of hydrogen-bond acceptors (Lipinski definition) is 8. The molecule has 222 valence electrons. The predicted molar refractivity (Wildman–Crippen MR) is 160 cm³/mol. The Morgan fingerprint density at radius 3 is 2.55 bits per heavy atom. The highest BCUT2D eigenvalue weighted by Crippen LogP contribution is 2.34. The van der Waals surface area contributed by atoms with E-state index in [1.54, 1.807) is 30.3 Å². The SMILES string of the molecule is Cc1cc(CC(=O)Nc2ccc(C(=O)NC3CCC(CCN4CCN(c5nccc6c5OCC6)CC4)CC3)cc2)on1. The summed E-state index contributed by atoms with van der Waals surface area (Å²) in [6, 6.07) is 11.0. The molecular formula is C32H40N6O4. The molecule has 1 aromatic carbocycles. The number of hydrogen-bond donors (Lipinski definition) is 2. The molecular weight excluding hydrogens is 532 g/mol. The van der Waals surface area contributed by atoms with Crippen molar-refractivity contribution in [1.82, 2.24) is 20.4 Å². The average Bonchev–Trinajstić information content (AvgIpc) is 3.66.